The van der Waals surface area contributed by atoms with Crippen LogP contribution in [0.5, 0.6) is 0 Å². The lowest BCUT2D eigenvalue weighted by Crippen LogP contribution is -2.60. The Labute approximate surface area is 242 Å². The first kappa shape index (κ1) is 30.5. The Bertz CT molecular complexity index is 1250. The fourth-order valence-electron chi connectivity index (χ4n) is 4.68. The molecule has 3 atom stereocenters. The van der Waals surface area contributed by atoms with Crippen molar-refractivity contribution in [3.8, 4) is 0 Å². The zero-order valence-electron chi connectivity index (χ0n) is 21.7. The second-order valence-corrected chi connectivity index (χ2v) is 10.2. The summed E-state index contributed by atoms with van der Waals surface area (Å²) in [6.45, 7) is 6.36. The second kappa shape index (κ2) is 13.4. The molecule has 1 amide bonds. The van der Waals surface area contributed by atoms with Crippen molar-refractivity contribution in [3.63, 3.8) is 0 Å². The third-order valence-electron chi connectivity index (χ3n) is 6.40. The zero-order chi connectivity index (χ0) is 27.4. The standard InChI is InChI=1S/C26H29ClF2N6O2S.ClH/c1-15-13-34(26(38)32-31-11-18-6-4-5-7-21(18)27)14-16(2)35(15)25-22(28)8-19(9-23(25)29)24-10-20(37-33-24)12-30-17(3)36;/h4-9,11,15-16,20H,10,12-14H2,1-3H3,(H,30,36)(H,32,38);1H/b31-11-;. The van der Waals surface area contributed by atoms with Crippen molar-refractivity contribution in [1.82, 2.24) is 15.6 Å². The average Bonchev–Trinajstić information content (AvgIpc) is 3.34. The van der Waals surface area contributed by atoms with Crippen LogP contribution in [0, 0.1) is 11.6 Å². The third kappa shape index (κ3) is 7.34. The highest BCUT2D eigenvalue weighted by molar-refractivity contribution is 7.80. The smallest absolute Gasteiger partial charge is 0.217 e. The number of oxime groups is 1. The van der Waals surface area contributed by atoms with E-state index in [1.165, 1.54) is 19.1 Å². The molecule has 0 aromatic heterocycles. The summed E-state index contributed by atoms with van der Waals surface area (Å²) in [5, 5.41) is 11.8. The number of carbonyl (C=O) groups excluding carboxylic acids is 1. The lowest BCUT2D eigenvalue weighted by atomic mass is 10.0. The summed E-state index contributed by atoms with van der Waals surface area (Å²) in [5.41, 5.74) is 4.28. The van der Waals surface area contributed by atoms with Gasteiger partial charge in [0.15, 0.2) is 5.11 Å². The molecule has 0 bridgehead atoms. The number of nitrogens with one attached hydrogen (secondary N) is 2. The number of thiocarbonyl (C=S) groups is 1. The van der Waals surface area contributed by atoms with Crippen LogP contribution in [0.25, 0.3) is 0 Å². The Balaban J connectivity index is 0.00000420. The van der Waals surface area contributed by atoms with E-state index in [-0.39, 0.29) is 48.7 Å². The van der Waals surface area contributed by atoms with E-state index in [4.69, 9.17) is 28.7 Å². The molecular formula is C26H30Cl2F2N6O2S. The lowest BCUT2D eigenvalue weighted by molar-refractivity contribution is -0.119. The molecule has 2 aliphatic heterocycles. The molecule has 4 rings (SSSR count). The summed E-state index contributed by atoms with van der Waals surface area (Å²) in [5.74, 6) is -1.54. The van der Waals surface area contributed by atoms with Gasteiger partial charge in [0, 0.05) is 54.7 Å². The number of hydrazone groups is 1. The Morgan fingerprint density at radius 3 is 2.49 bits per heavy atom. The largest absolute Gasteiger partial charge is 0.390 e. The van der Waals surface area contributed by atoms with Gasteiger partial charge in [0.2, 0.25) is 5.91 Å². The van der Waals surface area contributed by atoms with E-state index in [1.807, 2.05) is 36.9 Å². The van der Waals surface area contributed by atoms with Crippen molar-refractivity contribution in [2.45, 2.75) is 45.4 Å². The van der Waals surface area contributed by atoms with Crippen LogP contribution in [-0.4, -0.2) is 65.7 Å². The molecule has 1 saturated heterocycles. The van der Waals surface area contributed by atoms with Gasteiger partial charge in [0.1, 0.15) is 23.4 Å². The van der Waals surface area contributed by atoms with Crippen molar-refractivity contribution in [3.05, 3.63) is 64.2 Å². The Hall–Kier alpha value is -3.02. The molecular weight excluding hydrogens is 569 g/mol. The molecule has 3 unspecified atom stereocenters. The summed E-state index contributed by atoms with van der Waals surface area (Å²) in [6.07, 6.45) is 1.55. The van der Waals surface area contributed by atoms with Crippen molar-refractivity contribution in [2.24, 2.45) is 10.3 Å². The van der Waals surface area contributed by atoms with Gasteiger partial charge in [-0.05, 0) is 44.3 Å². The van der Waals surface area contributed by atoms with Crippen molar-refractivity contribution in [2.75, 3.05) is 24.5 Å². The van der Waals surface area contributed by atoms with Crippen LogP contribution < -0.4 is 15.6 Å². The first-order chi connectivity index (χ1) is 18.1. The zero-order valence-corrected chi connectivity index (χ0v) is 24.0. The van der Waals surface area contributed by atoms with Crippen LogP contribution in [0.15, 0.2) is 46.7 Å². The molecule has 210 valence electrons. The van der Waals surface area contributed by atoms with E-state index in [0.29, 0.717) is 40.9 Å². The molecule has 13 heteroatoms. The van der Waals surface area contributed by atoms with Gasteiger partial charge < -0.3 is 20.0 Å². The van der Waals surface area contributed by atoms with Crippen LogP contribution in [0.4, 0.5) is 14.5 Å². The number of rotatable bonds is 6. The molecule has 8 nitrogen and oxygen atoms in total. The van der Waals surface area contributed by atoms with Crippen LogP contribution in [0.2, 0.25) is 5.02 Å². The highest BCUT2D eigenvalue weighted by atomic mass is 35.5. The van der Waals surface area contributed by atoms with Crippen molar-refractivity contribution >= 4 is 64.9 Å². The number of carbonyl (C=O) groups is 1. The van der Waals surface area contributed by atoms with Crippen LogP contribution in [0.1, 0.15) is 38.3 Å². The maximum absolute atomic E-state index is 15.3. The monoisotopic (exact) mass is 598 g/mol. The van der Waals surface area contributed by atoms with Gasteiger partial charge >= 0.3 is 0 Å². The minimum atomic E-state index is -0.676. The number of piperazine rings is 1. The first-order valence-electron chi connectivity index (χ1n) is 12.2. The molecule has 2 N–H and O–H groups in total. The average molecular weight is 600 g/mol. The number of nitrogens with zero attached hydrogens (tertiary/aromatic N) is 4. The summed E-state index contributed by atoms with van der Waals surface area (Å²) in [7, 11) is 0. The number of anilines is 1. The van der Waals surface area contributed by atoms with E-state index >= 15 is 8.78 Å². The number of halogens is 4. The first-order valence-corrected chi connectivity index (χ1v) is 13.0. The third-order valence-corrected chi connectivity index (χ3v) is 7.09. The van der Waals surface area contributed by atoms with Crippen LogP contribution >= 0.6 is 36.2 Å². The van der Waals surface area contributed by atoms with E-state index in [1.54, 1.807) is 17.2 Å². The van der Waals surface area contributed by atoms with E-state index in [9.17, 15) is 4.79 Å². The Morgan fingerprint density at radius 1 is 1.23 bits per heavy atom. The van der Waals surface area contributed by atoms with Crippen LogP contribution in [-0.2, 0) is 9.63 Å². The van der Waals surface area contributed by atoms with Gasteiger partial charge in [0.25, 0.3) is 0 Å². The summed E-state index contributed by atoms with van der Waals surface area (Å²) in [4.78, 5) is 20.1. The molecule has 1 fully saturated rings. The molecule has 2 aromatic carbocycles. The van der Waals surface area contributed by atoms with E-state index in [2.05, 4.69) is 21.0 Å². The number of benzene rings is 2. The predicted molar refractivity (Wildman–Crippen MR) is 156 cm³/mol. The SMILES string of the molecule is CC(=O)NCC1CC(c2cc(F)c(N3C(C)CN(C(=S)N/N=C\c4ccccc4Cl)CC3C)c(F)c2)=NO1.Cl. The molecule has 2 aromatic rings. The van der Waals surface area contributed by atoms with Gasteiger partial charge in [-0.25, -0.2) is 8.78 Å². The van der Waals surface area contributed by atoms with Crippen molar-refractivity contribution < 1.29 is 18.4 Å². The normalized spacial score (nSPS) is 20.8. The number of hydrogen-bond acceptors (Lipinski definition) is 6. The van der Waals surface area contributed by atoms with E-state index in [0.717, 1.165) is 5.56 Å². The molecule has 0 aliphatic carbocycles. The molecule has 2 aliphatic rings. The summed E-state index contributed by atoms with van der Waals surface area (Å²) >= 11 is 11.7. The van der Waals surface area contributed by atoms with Crippen LogP contribution in [0.3, 0.4) is 0 Å². The highest BCUT2D eigenvalue weighted by Crippen LogP contribution is 2.32. The maximum Gasteiger partial charge on any atom is 0.217 e. The Morgan fingerprint density at radius 2 is 1.87 bits per heavy atom. The lowest BCUT2D eigenvalue weighted by Gasteiger charge is -2.46. The van der Waals surface area contributed by atoms with Gasteiger partial charge in [-0.1, -0.05) is 35.0 Å². The minimum absolute atomic E-state index is 0. The molecule has 2 heterocycles. The van der Waals surface area contributed by atoms with Gasteiger partial charge in [0.05, 0.1) is 18.5 Å². The second-order valence-electron chi connectivity index (χ2n) is 9.40. The van der Waals surface area contributed by atoms with Crippen molar-refractivity contribution in [1.29, 1.82) is 0 Å². The summed E-state index contributed by atoms with van der Waals surface area (Å²) in [6, 6.07) is 9.39. The molecule has 39 heavy (non-hydrogen) atoms. The minimum Gasteiger partial charge on any atom is -0.390 e. The number of amides is 1. The molecule has 0 saturated carbocycles. The Kier molecular flexibility index (Phi) is 10.5. The van der Waals surface area contributed by atoms with Gasteiger partial charge in [-0.15, -0.1) is 12.4 Å². The predicted octanol–water partition coefficient (Wildman–Crippen LogP) is 4.48. The summed E-state index contributed by atoms with van der Waals surface area (Å²) < 4.78 is 30.7. The number of hydrogen-bond donors (Lipinski definition) is 2. The topological polar surface area (TPSA) is 81.6 Å². The van der Waals surface area contributed by atoms with E-state index < -0.39 is 11.6 Å². The maximum atomic E-state index is 15.3. The fourth-order valence-corrected chi connectivity index (χ4v) is 5.07. The quantitative estimate of drug-likeness (QED) is 0.290. The van der Waals surface area contributed by atoms with Gasteiger partial charge in [-0.3, -0.25) is 10.2 Å². The van der Waals surface area contributed by atoms with Gasteiger partial charge in [-0.2, -0.15) is 5.10 Å². The molecule has 0 spiro atoms. The fraction of sp³-hybridized carbons (Fsp3) is 0.385. The highest BCUT2D eigenvalue weighted by Gasteiger charge is 2.34. The molecule has 0 radical (unpaired) electrons.